The van der Waals surface area contributed by atoms with E-state index in [0.717, 1.165) is 52.4 Å². The van der Waals surface area contributed by atoms with Gasteiger partial charge in [-0.15, -0.1) is 0 Å². The summed E-state index contributed by atoms with van der Waals surface area (Å²) in [7, 11) is 0. The SMILES string of the molecule is C1CNCCN1.C1CNCCN1.O=C(O)CC(O)(CC(=O)O)C(=O)O.O=C(O)CC(O)(CC(=O)O)C(=O)O.O=C(O)CC(O)(CC(=O)O)C(=O)O. The molecule has 0 aromatic carbocycles. The molecule has 2 aliphatic rings. The lowest BCUT2D eigenvalue weighted by atomic mass is 9.96. The van der Waals surface area contributed by atoms with Gasteiger partial charge < -0.3 is 82.5 Å². The number of nitrogens with one attached hydrogen (secondary N) is 4. The van der Waals surface area contributed by atoms with Gasteiger partial charge in [-0.2, -0.15) is 0 Å². The molecule has 2 fully saturated rings. The molecule has 294 valence electrons. The molecule has 0 aromatic rings. The van der Waals surface area contributed by atoms with Gasteiger partial charge in [0.05, 0.1) is 38.5 Å². The van der Waals surface area contributed by atoms with Gasteiger partial charge in [0, 0.05) is 52.4 Å². The van der Waals surface area contributed by atoms with Crippen molar-refractivity contribution in [3.63, 3.8) is 0 Å². The highest BCUT2D eigenvalue weighted by Gasteiger charge is 2.42. The normalized spacial score (nSPS) is 13.9. The van der Waals surface area contributed by atoms with Crippen molar-refractivity contribution < 1.29 is 104 Å². The Kier molecular flexibility index (Phi) is 25.5. The molecule has 0 saturated carbocycles. The lowest BCUT2D eigenvalue weighted by molar-refractivity contribution is -0.170. The summed E-state index contributed by atoms with van der Waals surface area (Å²) in [5, 5.41) is 114. The number of hydrogen-bond acceptors (Lipinski definition) is 16. The van der Waals surface area contributed by atoms with Crippen molar-refractivity contribution in [3.8, 4) is 0 Å². The van der Waals surface area contributed by atoms with E-state index in [2.05, 4.69) is 21.3 Å². The van der Waals surface area contributed by atoms with Crippen LogP contribution in [0.3, 0.4) is 0 Å². The van der Waals surface area contributed by atoms with Gasteiger partial charge >= 0.3 is 53.7 Å². The lowest BCUT2D eigenvalue weighted by Crippen LogP contribution is -2.42. The number of aliphatic carboxylic acids is 9. The van der Waals surface area contributed by atoms with E-state index in [-0.39, 0.29) is 0 Å². The molecule has 25 nitrogen and oxygen atoms in total. The molecule has 0 aliphatic carbocycles. The minimum absolute atomic E-state index is 1.14. The Morgan fingerprint density at radius 3 is 0.490 bits per heavy atom. The fourth-order valence-electron chi connectivity index (χ4n) is 3.35. The van der Waals surface area contributed by atoms with Crippen LogP contribution in [0.4, 0.5) is 0 Å². The van der Waals surface area contributed by atoms with Gasteiger partial charge in [0.15, 0.2) is 16.8 Å². The molecule has 0 bridgehead atoms. The maximum atomic E-state index is 10.3. The average Bonchev–Trinajstić information content (AvgIpc) is 2.97. The molecule has 51 heavy (non-hydrogen) atoms. The van der Waals surface area contributed by atoms with Crippen LogP contribution in [0.2, 0.25) is 0 Å². The van der Waals surface area contributed by atoms with Crippen molar-refractivity contribution in [2.24, 2.45) is 0 Å². The first kappa shape index (κ1) is 50.3. The fourth-order valence-corrected chi connectivity index (χ4v) is 3.35. The number of piperazine rings is 2. The Labute approximate surface area is 287 Å². The van der Waals surface area contributed by atoms with Gasteiger partial charge in [-0.25, -0.2) is 14.4 Å². The van der Waals surface area contributed by atoms with Gasteiger partial charge in [-0.3, -0.25) is 28.8 Å². The monoisotopic (exact) mass is 748 g/mol. The van der Waals surface area contributed by atoms with Crippen molar-refractivity contribution in [2.75, 3.05) is 52.4 Å². The molecule has 2 heterocycles. The maximum absolute atomic E-state index is 10.3. The third kappa shape index (κ3) is 27.5. The second-order valence-corrected chi connectivity index (χ2v) is 10.4. The minimum atomic E-state index is -2.74. The van der Waals surface area contributed by atoms with Gasteiger partial charge in [-0.05, 0) is 0 Å². The number of rotatable bonds is 15. The van der Waals surface area contributed by atoms with E-state index in [1.54, 1.807) is 0 Å². The van der Waals surface area contributed by atoms with Crippen molar-refractivity contribution in [1.82, 2.24) is 21.3 Å². The highest BCUT2D eigenvalue weighted by Crippen LogP contribution is 2.17. The highest BCUT2D eigenvalue weighted by molar-refractivity contribution is 5.89. The Hall–Kier alpha value is -5.05. The van der Waals surface area contributed by atoms with Crippen molar-refractivity contribution in [1.29, 1.82) is 0 Å². The van der Waals surface area contributed by atoms with Crippen LogP contribution in [-0.4, -0.2) is 184 Å². The predicted octanol–water partition coefficient (Wildman–Crippen LogP) is -5.39. The zero-order valence-electron chi connectivity index (χ0n) is 26.9. The Morgan fingerprint density at radius 1 is 0.314 bits per heavy atom. The first-order valence-electron chi connectivity index (χ1n) is 14.3. The van der Waals surface area contributed by atoms with Crippen LogP contribution < -0.4 is 21.3 Å². The first-order valence-corrected chi connectivity index (χ1v) is 14.3. The van der Waals surface area contributed by atoms with Crippen LogP contribution in [0.1, 0.15) is 38.5 Å². The molecule has 0 atom stereocenters. The van der Waals surface area contributed by atoms with E-state index in [4.69, 9.17) is 61.3 Å². The third-order valence-corrected chi connectivity index (χ3v) is 5.77. The van der Waals surface area contributed by atoms with Gasteiger partial charge in [-0.1, -0.05) is 0 Å². The van der Waals surface area contributed by atoms with Crippen LogP contribution >= 0.6 is 0 Å². The van der Waals surface area contributed by atoms with E-state index in [9.17, 15) is 43.2 Å². The molecule has 2 aliphatic heterocycles. The number of carbonyl (C=O) groups is 9. The predicted molar refractivity (Wildman–Crippen MR) is 163 cm³/mol. The topological polar surface area (TPSA) is 445 Å². The summed E-state index contributed by atoms with van der Waals surface area (Å²) >= 11 is 0. The smallest absolute Gasteiger partial charge is 0.336 e. The first-order chi connectivity index (χ1) is 23.3. The number of carboxylic acid groups (broad SMARTS) is 9. The molecule has 0 radical (unpaired) electrons. The lowest BCUT2D eigenvalue weighted by Gasteiger charge is -2.18. The zero-order chi connectivity index (χ0) is 40.4. The van der Waals surface area contributed by atoms with Crippen LogP contribution in [0.5, 0.6) is 0 Å². The largest absolute Gasteiger partial charge is 0.481 e. The van der Waals surface area contributed by atoms with E-state index in [1.807, 2.05) is 0 Å². The van der Waals surface area contributed by atoms with E-state index in [0.29, 0.717) is 0 Å². The fraction of sp³-hybridized carbons (Fsp3) is 0.654. The zero-order valence-corrected chi connectivity index (χ0v) is 26.9. The minimum Gasteiger partial charge on any atom is -0.481 e. The van der Waals surface area contributed by atoms with Crippen LogP contribution in [0.15, 0.2) is 0 Å². The van der Waals surface area contributed by atoms with Crippen molar-refractivity contribution >= 4 is 53.7 Å². The molecule has 25 heteroatoms. The van der Waals surface area contributed by atoms with Crippen LogP contribution in [0, 0.1) is 0 Å². The molecular weight excluding hydrogens is 704 g/mol. The van der Waals surface area contributed by atoms with E-state index < -0.39 is 109 Å². The second kappa shape index (κ2) is 25.9. The number of hydrogen-bond donors (Lipinski definition) is 16. The van der Waals surface area contributed by atoms with Gasteiger partial charge in [0.25, 0.3) is 0 Å². The summed E-state index contributed by atoms with van der Waals surface area (Å²) in [6, 6.07) is 0. The number of aliphatic hydroxyl groups is 3. The standard InChI is InChI=1S/3C6H8O7.2C4H10N2/c3*7-3(8)1-6(13,5(11)12)2-4(9)10;2*1-2-6-4-3-5-1/h3*13H,1-2H2,(H,7,8)(H,9,10)(H,11,12);2*5-6H,1-4H2. The molecule has 0 amide bonds. The number of carboxylic acids is 9. The van der Waals surface area contributed by atoms with Crippen molar-refractivity contribution in [3.05, 3.63) is 0 Å². The summed E-state index contributed by atoms with van der Waals surface area (Å²) in [5.41, 5.74) is -8.22. The van der Waals surface area contributed by atoms with Crippen molar-refractivity contribution in [2.45, 2.75) is 55.3 Å². The quantitative estimate of drug-likeness (QED) is 0.0743. The molecule has 2 rings (SSSR count). The summed E-state index contributed by atoms with van der Waals surface area (Å²) in [5.74, 6) is -15.1. The van der Waals surface area contributed by atoms with E-state index in [1.165, 1.54) is 0 Å². The van der Waals surface area contributed by atoms with E-state index >= 15 is 0 Å². The summed E-state index contributed by atoms with van der Waals surface area (Å²) in [6.45, 7) is 9.11. The molecular formula is C26H44N4O21. The van der Waals surface area contributed by atoms with Gasteiger partial charge in [0.1, 0.15) is 0 Å². The summed E-state index contributed by atoms with van der Waals surface area (Å²) in [6.07, 6.45) is -6.87. The molecule has 0 unspecified atom stereocenters. The Morgan fingerprint density at radius 2 is 0.431 bits per heavy atom. The second-order valence-electron chi connectivity index (χ2n) is 10.4. The third-order valence-electron chi connectivity index (χ3n) is 5.77. The maximum Gasteiger partial charge on any atom is 0.336 e. The Balaban J connectivity index is -0.000000583. The Bertz CT molecular complexity index is 979. The molecule has 0 spiro atoms. The summed E-state index contributed by atoms with van der Waals surface area (Å²) in [4.78, 5) is 91.5. The molecule has 2 saturated heterocycles. The van der Waals surface area contributed by atoms with Gasteiger partial charge in [0.2, 0.25) is 0 Å². The van der Waals surface area contributed by atoms with Crippen LogP contribution in [-0.2, 0) is 43.2 Å². The molecule has 16 N–H and O–H groups in total. The highest BCUT2D eigenvalue weighted by atomic mass is 16.4. The van der Waals surface area contributed by atoms with Crippen LogP contribution in [0.25, 0.3) is 0 Å². The summed E-state index contributed by atoms with van der Waals surface area (Å²) < 4.78 is 0. The average molecular weight is 749 g/mol. The molecule has 0 aromatic heterocycles.